The van der Waals surface area contributed by atoms with Gasteiger partial charge in [-0.15, -0.1) is 10.2 Å². The highest BCUT2D eigenvalue weighted by Crippen LogP contribution is 2.37. The van der Waals surface area contributed by atoms with Gasteiger partial charge in [0.15, 0.2) is 11.6 Å². The van der Waals surface area contributed by atoms with Gasteiger partial charge >= 0.3 is 0 Å². The van der Waals surface area contributed by atoms with Crippen LogP contribution in [-0.4, -0.2) is 70.5 Å². The molecular formula is C24H25N7O6S. The van der Waals surface area contributed by atoms with Gasteiger partial charge in [-0.3, -0.25) is 14.1 Å². The predicted molar refractivity (Wildman–Crippen MR) is 137 cm³/mol. The van der Waals surface area contributed by atoms with Crippen molar-refractivity contribution < 1.29 is 27.4 Å². The zero-order chi connectivity index (χ0) is 27.4. The number of Topliss-reactive ketones (excluding diaryl/α,β-unsaturated/α-hetero) is 1. The second kappa shape index (κ2) is 10.8. The fraction of sp³-hybridized carbons (Fsp3) is 0.250. The maximum atomic E-state index is 13.4. The van der Waals surface area contributed by atoms with E-state index in [0.29, 0.717) is 28.8 Å². The van der Waals surface area contributed by atoms with E-state index < -0.39 is 21.1 Å². The Kier molecular flexibility index (Phi) is 7.52. The number of aromatic nitrogens is 6. The number of aryl methyl sites for hydroxylation is 1. The van der Waals surface area contributed by atoms with Gasteiger partial charge in [0, 0.05) is 18.5 Å². The topological polar surface area (TPSA) is 160 Å². The van der Waals surface area contributed by atoms with Crippen molar-refractivity contribution in [2.75, 3.05) is 26.1 Å². The monoisotopic (exact) mass is 539 g/mol. The van der Waals surface area contributed by atoms with E-state index in [4.69, 9.17) is 14.2 Å². The maximum absolute atomic E-state index is 13.4. The molecule has 3 aromatic heterocycles. The number of hydrogen-bond acceptors (Lipinski definition) is 11. The first-order chi connectivity index (χ1) is 18.2. The van der Waals surface area contributed by atoms with Crippen molar-refractivity contribution >= 4 is 21.8 Å². The Bertz CT molecular complexity index is 1550. The Hall–Kier alpha value is -4.59. The van der Waals surface area contributed by atoms with E-state index in [1.807, 2.05) is 0 Å². The van der Waals surface area contributed by atoms with Crippen LogP contribution in [-0.2, 0) is 10.0 Å². The predicted octanol–water partition coefficient (Wildman–Crippen LogP) is 2.47. The molecule has 38 heavy (non-hydrogen) atoms. The average molecular weight is 540 g/mol. The zero-order valence-electron chi connectivity index (χ0n) is 21.2. The molecule has 0 amide bonds. The van der Waals surface area contributed by atoms with Crippen LogP contribution >= 0.6 is 0 Å². The second-order valence-electron chi connectivity index (χ2n) is 8.00. The maximum Gasteiger partial charge on any atom is 0.245 e. The third-order valence-corrected chi connectivity index (χ3v) is 7.13. The molecule has 0 fully saturated rings. The number of hydrogen-bond donors (Lipinski definition) is 1. The minimum atomic E-state index is -4.35. The number of ether oxygens (including phenoxy) is 3. The minimum absolute atomic E-state index is 0.158. The molecule has 1 atom stereocenters. The van der Waals surface area contributed by atoms with Gasteiger partial charge in [0.05, 0.1) is 21.3 Å². The van der Waals surface area contributed by atoms with Crippen LogP contribution in [0.25, 0.3) is 17.2 Å². The number of pyridine rings is 1. The first kappa shape index (κ1) is 26.5. The quantitative estimate of drug-likeness (QED) is 0.295. The van der Waals surface area contributed by atoms with Crippen LogP contribution in [0.15, 0.2) is 48.8 Å². The molecule has 0 bridgehead atoms. The molecule has 0 radical (unpaired) electrons. The molecule has 4 aromatic rings. The molecule has 0 aliphatic heterocycles. The first-order valence-corrected chi connectivity index (χ1v) is 12.8. The number of rotatable bonds is 10. The summed E-state index contributed by atoms with van der Waals surface area (Å²) in [4.78, 5) is 25.2. The van der Waals surface area contributed by atoms with Gasteiger partial charge in [-0.25, -0.2) is 23.4 Å². The summed E-state index contributed by atoms with van der Waals surface area (Å²) in [6.07, 6.45) is 2.87. The lowest BCUT2D eigenvalue weighted by molar-refractivity contribution is 0.0981. The lowest BCUT2D eigenvalue weighted by Gasteiger charge is -2.18. The van der Waals surface area contributed by atoms with Gasteiger partial charge in [-0.05, 0) is 37.6 Å². The fourth-order valence-electron chi connectivity index (χ4n) is 3.49. The summed E-state index contributed by atoms with van der Waals surface area (Å²) >= 11 is 0. The van der Waals surface area contributed by atoms with Crippen molar-refractivity contribution in [2.24, 2.45) is 0 Å². The summed E-state index contributed by atoms with van der Waals surface area (Å²) in [7, 11) is 0.0295. The Morgan fingerprint density at radius 2 is 1.58 bits per heavy atom. The van der Waals surface area contributed by atoms with Gasteiger partial charge < -0.3 is 14.2 Å². The molecule has 14 heteroatoms. The minimum Gasteiger partial charge on any atom is -0.494 e. The molecule has 0 aliphatic rings. The lowest BCUT2D eigenvalue weighted by atomic mass is 10.2. The molecule has 3 heterocycles. The molecule has 0 saturated carbocycles. The molecule has 1 aromatic carbocycles. The molecule has 1 N–H and O–H groups in total. The van der Waals surface area contributed by atoms with E-state index >= 15 is 0 Å². The highest BCUT2D eigenvalue weighted by atomic mass is 32.2. The summed E-state index contributed by atoms with van der Waals surface area (Å²) in [5, 5.41) is 6.72. The van der Waals surface area contributed by atoms with Gasteiger partial charge in [0.1, 0.15) is 28.1 Å². The second-order valence-corrected chi connectivity index (χ2v) is 10.00. The average Bonchev–Trinajstić information content (AvgIpc) is 3.34. The van der Waals surface area contributed by atoms with E-state index in [1.54, 1.807) is 43.3 Å². The number of benzene rings is 1. The largest absolute Gasteiger partial charge is 0.494 e. The molecule has 13 nitrogen and oxygen atoms in total. The fourth-order valence-corrected chi connectivity index (χ4v) is 4.44. The van der Waals surface area contributed by atoms with Crippen LogP contribution in [0.5, 0.6) is 17.4 Å². The number of nitrogens with zero attached hydrogens (tertiary/aromatic N) is 6. The number of ketones is 1. The van der Waals surface area contributed by atoms with Crippen molar-refractivity contribution in [3.05, 3.63) is 60.2 Å². The van der Waals surface area contributed by atoms with Crippen molar-refractivity contribution in [1.82, 2.24) is 29.7 Å². The van der Waals surface area contributed by atoms with Gasteiger partial charge in [0.2, 0.25) is 27.6 Å². The van der Waals surface area contributed by atoms with Crippen LogP contribution in [0.1, 0.15) is 23.1 Å². The van der Waals surface area contributed by atoms with E-state index in [0.717, 1.165) is 5.56 Å². The van der Waals surface area contributed by atoms with Crippen molar-refractivity contribution in [3.8, 4) is 34.6 Å². The van der Waals surface area contributed by atoms with Crippen LogP contribution < -0.4 is 18.9 Å². The zero-order valence-corrected chi connectivity index (χ0v) is 22.1. The van der Waals surface area contributed by atoms with Crippen molar-refractivity contribution in [3.63, 3.8) is 0 Å². The van der Waals surface area contributed by atoms with Crippen molar-refractivity contribution in [2.45, 2.75) is 19.1 Å². The third kappa shape index (κ3) is 5.11. The van der Waals surface area contributed by atoms with Crippen LogP contribution in [0.2, 0.25) is 0 Å². The summed E-state index contributed by atoms with van der Waals surface area (Å²) < 4.78 is 46.8. The van der Waals surface area contributed by atoms with E-state index in [1.165, 1.54) is 45.2 Å². The number of carbonyl (C=O) groups is 1. The molecule has 0 saturated heterocycles. The van der Waals surface area contributed by atoms with E-state index in [-0.39, 0.29) is 17.6 Å². The summed E-state index contributed by atoms with van der Waals surface area (Å²) in [6, 6.07) is 10.1. The SMILES string of the molecule is COc1cccc(-c2nnc(NS(=O)(=O)[C@H](C)C(=O)c3ncc(C)cn3)n2-c2c(OC)cccc2OC)n1. The van der Waals surface area contributed by atoms with Crippen LogP contribution in [0.3, 0.4) is 0 Å². The summed E-state index contributed by atoms with van der Waals surface area (Å²) in [5.41, 5.74) is 1.36. The van der Waals surface area contributed by atoms with E-state index in [9.17, 15) is 13.2 Å². The lowest BCUT2D eigenvalue weighted by Crippen LogP contribution is -2.34. The summed E-state index contributed by atoms with van der Waals surface area (Å²) in [5.74, 6) is -0.0850. The number of methoxy groups -OCH3 is 3. The van der Waals surface area contributed by atoms with Gasteiger partial charge in [-0.1, -0.05) is 12.1 Å². The Labute approximate surface area is 218 Å². The molecular weight excluding hydrogens is 514 g/mol. The number of carbonyl (C=O) groups excluding carboxylic acids is 1. The summed E-state index contributed by atoms with van der Waals surface area (Å²) in [6.45, 7) is 2.99. The smallest absolute Gasteiger partial charge is 0.245 e. The number of anilines is 1. The van der Waals surface area contributed by atoms with Gasteiger partial charge in [-0.2, -0.15) is 0 Å². The van der Waals surface area contributed by atoms with Crippen molar-refractivity contribution in [1.29, 1.82) is 0 Å². The Morgan fingerprint density at radius 3 is 2.18 bits per heavy atom. The number of nitrogens with one attached hydrogen (secondary N) is 1. The molecule has 0 unspecified atom stereocenters. The molecule has 4 rings (SSSR count). The van der Waals surface area contributed by atoms with Crippen LogP contribution in [0, 0.1) is 6.92 Å². The number of sulfonamides is 1. The highest BCUT2D eigenvalue weighted by molar-refractivity contribution is 7.94. The molecule has 0 aliphatic carbocycles. The number of para-hydroxylation sites is 1. The van der Waals surface area contributed by atoms with E-state index in [2.05, 4.69) is 29.9 Å². The normalized spacial score (nSPS) is 12.0. The Morgan fingerprint density at radius 1 is 0.947 bits per heavy atom. The standard InChI is InChI=1S/C24H25N7O6S/c1-14-12-25-22(26-13-14)21(32)15(2)38(33,34)30-24-29-28-23(16-8-6-11-19(27-16)37-5)31(24)20-17(35-3)9-7-10-18(20)36-4/h6-13,15H,1-5H3,(H,29,30)/t15-/m1/s1. The highest BCUT2D eigenvalue weighted by Gasteiger charge is 2.33. The third-order valence-electron chi connectivity index (χ3n) is 5.52. The molecule has 0 spiro atoms. The first-order valence-electron chi connectivity index (χ1n) is 11.2. The van der Waals surface area contributed by atoms with Crippen LogP contribution in [0.4, 0.5) is 5.95 Å². The Balaban J connectivity index is 1.85. The molecule has 198 valence electrons. The van der Waals surface area contributed by atoms with Gasteiger partial charge in [0.25, 0.3) is 0 Å².